The number of amides is 1. The lowest BCUT2D eigenvalue weighted by atomic mass is 9.93. The summed E-state index contributed by atoms with van der Waals surface area (Å²) in [5.41, 5.74) is 0.727. The largest absolute Gasteiger partial charge is 0.338 e. The third-order valence-corrected chi connectivity index (χ3v) is 4.07. The van der Waals surface area contributed by atoms with E-state index in [1.165, 1.54) is 31.4 Å². The fourth-order valence-corrected chi connectivity index (χ4v) is 3.10. The highest BCUT2D eigenvalue weighted by atomic mass is 35.5. The highest BCUT2D eigenvalue weighted by Crippen LogP contribution is 2.23. The molecule has 110 valence electrons. The molecular weight excluding hydrogens is 277 g/mol. The van der Waals surface area contributed by atoms with Gasteiger partial charge in [0.15, 0.2) is 0 Å². The highest BCUT2D eigenvalue weighted by Gasteiger charge is 2.24. The Morgan fingerprint density at radius 3 is 2.70 bits per heavy atom. The molecule has 1 saturated carbocycles. The lowest BCUT2D eigenvalue weighted by molar-refractivity contribution is -0.133. The van der Waals surface area contributed by atoms with Crippen molar-refractivity contribution in [2.75, 3.05) is 12.4 Å². The van der Waals surface area contributed by atoms with E-state index < -0.39 is 0 Å². The molecule has 0 heterocycles. The molecule has 0 atom stereocenters. The van der Waals surface area contributed by atoms with Crippen LogP contribution >= 0.6 is 11.6 Å². The summed E-state index contributed by atoms with van der Waals surface area (Å²) in [6, 6.07) is 6.57. The number of benzene rings is 1. The zero-order valence-electron chi connectivity index (χ0n) is 11.7. The first kappa shape index (κ1) is 15.3. The van der Waals surface area contributed by atoms with Gasteiger partial charge in [-0.3, -0.25) is 4.79 Å². The zero-order chi connectivity index (χ0) is 14.4. The standard InChI is InChI=1S/C16H21ClFNO/c17-9-10-19(15-7-2-1-3-8-15)16(20)12-13-5-4-6-14(18)11-13/h4-6,11,15H,1-3,7-10,12H2. The van der Waals surface area contributed by atoms with E-state index in [9.17, 15) is 9.18 Å². The Morgan fingerprint density at radius 1 is 1.30 bits per heavy atom. The molecule has 0 aliphatic heterocycles. The molecule has 0 N–H and O–H groups in total. The number of halogens is 2. The first-order valence-corrected chi connectivity index (χ1v) is 7.84. The van der Waals surface area contributed by atoms with Gasteiger partial charge in [0.1, 0.15) is 5.82 Å². The first-order chi connectivity index (χ1) is 9.70. The topological polar surface area (TPSA) is 20.3 Å². The molecule has 0 spiro atoms. The monoisotopic (exact) mass is 297 g/mol. The van der Waals surface area contributed by atoms with Gasteiger partial charge < -0.3 is 4.90 Å². The van der Waals surface area contributed by atoms with E-state index >= 15 is 0 Å². The predicted molar refractivity (Wildman–Crippen MR) is 79.4 cm³/mol. The molecule has 0 unspecified atom stereocenters. The van der Waals surface area contributed by atoms with Gasteiger partial charge in [0, 0.05) is 18.5 Å². The Balaban J connectivity index is 2.02. The van der Waals surface area contributed by atoms with Crippen molar-refractivity contribution < 1.29 is 9.18 Å². The van der Waals surface area contributed by atoms with Crippen molar-refractivity contribution in [3.05, 3.63) is 35.6 Å². The maximum absolute atomic E-state index is 13.2. The smallest absolute Gasteiger partial charge is 0.227 e. The van der Waals surface area contributed by atoms with Crippen LogP contribution in [-0.4, -0.2) is 29.3 Å². The van der Waals surface area contributed by atoms with Gasteiger partial charge >= 0.3 is 0 Å². The Hall–Kier alpha value is -1.09. The van der Waals surface area contributed by atoms with Gasteiger partial charge in [-0.1, -0.05) is 31.4 Å². The summed E-state index contributed by atoms with van der Waals surface area (Å²) in [7, 11) is 0. The molecule has 0 aromatic heterocycles. The number of nitrogens with zero attached hydrogens (tertiary/aromatic N) is 1. The summed E-state index contributed by atoms with van der Waals surface area (Å²) in [4.78, 5) is 14.4. The minimum Gasteiger partial charge on any atom is -0.338 e. The number of hydrogen-bond donors (Lipinski definition) is 0. The van der Waals surface area contributed by atoms with Crippen LogP contribution in [0.15, 0.2) is 24.3 Å². The van der Waals surface area contributed by atoms with E-state index in [4.69, 9.17) is 11.6 Å². The second-order valence-electron chi connectivity index (χ2n) is 5.37. The maximum atomic E-state index is 13.2. The molecule has 1 aromatic carbocycles. The third kappa shape index (κ3) is 4.20. The van der Waals surface area contributed by atoms with Crippen LogP contribution in [0.25, 0.3) is 0 Å². The van der Waals surface area contributed by atoms with E-state index in [1.807, 2.05) is 4.90 Å². The Morgan fingerprint density at radius 2 is 2.05 bits per heavy atom. The number of carbonyl (C=O) groups excluding carboxylic acids is 1. The highest BCUT2D eigenvalue weighted by molar-refractivity contribution is 6.18. The van der Waals surface area contributed by atoms with Crippen LogP contribution in [0.3, 0.4) is 0 Å². The second-order valence-corrected chi connectivity index (χ2v) is 5.75. The van der Waals surface area contributed by atoms with Gasteiger partial charge in [0.05, 0.1) is 6.42 Å². The van der Waals surface area contributed by atoms with E-state index in [-0.39, 0.29) is 18.1 Å². The third-order valence-electron chi connectivity index (χ3n) is 3.91. The van der Waals surface area contributed by atoms with Crippen molar-refractivity contribution in [2.45, 2.75) is 44.6 Å². The number of alkyl halides is 1. The van der Waals surface area contributed by atoms with Crippen LogP contribution in [0.4, 0.5) is 4.39 Å². The normalized spacial score (nSPS) is 16.1. The fraction of sp³-hybridized carbons (Fsp3) is 0.562. The van der Waals surface area contributed by atoms with Crippen molar-refractivity contribution in [2.24, 2.45) is 0 Å². The molecule has 2 rings (SSSR count). The lowest BCUT2D eigenvalue weighted by Crippen LogP contribution is -2.43. The van der Waals surface area contributed by atoms with Gasteiger partial charge in [-0.2, -0.15) is 0 Å². The summed E-state index contributed by atoms with van der Waals surface area (Å²) >= 11 is 5.83. The molecule has 1 aromatic rings. The van der Waals surface area contributed by atoms with E-state index in [1.54, 1.807) is 12.1 Å². The molecular formula is C16H21ClFNO. The molecule has 1 aliphatic carbocycles. The van der Waals surface area contributed by atoms with Gasteiger partial charge in [-0.15, -0.1) is 11.6 Å². The molecule has 0 saturated heterocycles. The van der Waals surface area contributed by atoms with Crippen molar-refractivity contribution in [3.8, 4) is 0 Å². The van der Waals surface area contributed by atoms with E-state index in [0.717, 1.165) is 18.4 Å². The number of carbonyl (C=O) groups is 1. The summed E-state index contributed by atoms with van der Waals surface area (Å²) in [5.74, 6) is 0.214. The SMILES string of the molecule is O=C(Cc1cccc(F)c1)N(CCCl)C1CCCCC1. The summed E-state index contributed by atoms with van der Waals surface area (Å²) < 4.78 is 13.2. The van der Waals surface area contributed by atoms with Crippen LogP contribution < -0.4 is 0 Å². The van der Waals surface area contributed by atoms with Crippen LogP contribution in [0.5, 0.6) is 0 Å². The summed E-state index contributed by atoms with van der Waals surface area (Å²) in [6.07, 6.45) is 5.99. The van der Waals surface area contributed by atoms with Crippen LogP contribution in [0.1, 0.15) is 37.7 Å². The minimum atomic E-state index is -0.295. The van der Waals surface area contributed by atoms with E-state index in [2.05, 4.69) is 0 Å². The Kier molecular flexibility index (Phi) is 5.84. The van der Waals surface area contributed by atoms with Gasteiger partial charge in [-0.25, -0.2) is 4.39 Å². The zero-order valence-corrected chi connectivity index (χ0v) is 12.4. The fourth-order valence-electron chi connectivity index (χ4n) is 2.92. The molecule has 4 heteroatoms. The van der Waals surface area contributed by atoms with Crippen LogP contribution in [-0.2, 0) is 11.2 Å². The molecule has 1 fully saturated rings. The lowest BCUT2D eigenvalue weighted by Gasteiger charge is -2.34. The maximum Gasteiger partial charge on any atom is 0.227 e. The molecule has 0 radical (unpaired) electrons. The van der Waals surface area contributed by atoms with Crippen LogP contribution in [0, 0.1) is 5.82 Å². The van der Waals surface area contributed by atoms with Crippen molar-refractivity contribution in [1.29, 1.82) is 0 Å². The van der Waals surface area contributed by atoms with Crippen molar-refractivity contribution in [1.82, 2.24) is 4.90 Å². The molecule has 20 heavy (non-hydrogen) atoms. The van der Waals surface area contributed by atoms with Crippen molar-refractivity contribution in [3.63, 3.8) is 0 Å². The first-order valence-electron chi connectivity index (χ1n) is 7.30. The number of hydrogen-bond acceptors (Lipinski definition) is 1. The summed E-state index contributed by atoms with van der Waals surface area (Å²) in [5, 5.41) is 0. The Labute approximate surface area is 124 Å². The van der Waals surface area contributed by atoms with Gasteiger partial charge in [0.25, 0.3) is 0 Å². The summed E-state index contributed by atoms with van der Waals surface area (Å²) in [6.45, 7) is 0.584. The van der Waals surface area contributed by atoms with Gasteiger partial charge in [0.2, 0.25) is 5.91 Å². The quantitative estimate of drug-likeness (QED) is 0.758. The van der Waals surface area contributed by atoms with Crippen LogP contribution in [0.2, 0.25) is 0 Å². The predicted octanol–water partition coefficient (Wildman–Crippen LogP) is 3.77. The molecule has 2 nitrogen and oxygen atoms in total. The number of rotatable bonds is 5. The van der Waals surface area contributed by atoms with Crippen molar-refractivity contribution >= 4 is 17.5 Å². The van der Waals surface area contributed by atoms with Gasteiger partial charge in [-0.05, 0) is 30.5 Å². The average molecular weight is 298 g/mol. The molecule has 0 bridgehead atoms. The minimum absolute atomic E-state index is 0.0585. The Bertz CT molecular complexity index is 446. The average Bonchev–Trinajstić information content (AvgIpc) is 2.45. The van der Waals surface area contributed by atoms with E-state index in [0.29, 0.717) is 18.5 Å². The molecule has 1 aliphatic rings. The molecule has 1 amide bonds. The second kappa shape index (κ2) is 7.63.